The van der Waals surface area contributed by atoms with Crippen molar-refractivity contribution in [1.29, 1.82) is 0 Å². The molecule has 0 aliphatic carbocycles. The number of carbonyl (C=O) groups excluding carboxylic acids is 3. The van der Waals surface area contributed by atoms with Crippen LogP contribution in [0.5, 0.6) is 0 Å². The lowest BCUT2D eigenvalue weighted by atomic mass is 9.98. The van der Waals surface area contributed by atoms with Gasteiger partial charge >= 0.3 is 0 Å². The normalized spacial score (nSPS) is 22.1. The minimum atomic E-state index is -0.981. The van der Waals surface area contributed by atoms with Gasteiger partial charge in [-0.3, -0.25) is 19.4 Å². The van der Waals surface area contributed by atoms with Crippen LogP contribution >= 0.6 is 15.9 Å². The van der Waals surface area contributed by atoms with Gasteiger partial charge in [0.25, 0.3) is 17.7 Å². The monoisotopic (exact) mass is 584 g/mol. The van der Waals surface area contributed by atoms with E-state index < -0.39 is 23.9 Å². The van der Waals surface area contributed by atoms with E-state index in [2.05, 4.69) is 26.3 Å². The molecule has 9 nitrogen and oxygen atoms in total. The number of hydrazone groups is 1. The Morgan fingerprint density at radius 3 is 2.41 bits per heavy atom. The average molecular weight is 585 g/mol. The quantitative estimate of drug-likeness (QED) is 0.393. The summed E-state index contributed by atoms with van der Waals surface area (Å²) in [6.45, 7) is 1.73. The molecule has 1 fully saturated rings. The molecule has 3 unspecified atom stereocenters. The molecule has 0 saturated carbocycles. The van der Waals surface area contributed by atoms with E-state index in [1.165, 1.54) is 14.9 Å². The standard InChI is InChI=1S/C29H25BrN6O3/c1-2-18-15-21(30)13-14-23(18)35-28(38)26-27(29(35)39)34(33-31-26)17-25(37)36-24(20-11-7-4-8-12-20)16-22(32-36)19-9-5-3-6-10-19/h3-15,24,26-27H,2,16-17H2,1H3. The van der Waals surface area contributed by atoms with E-state index in [9.17, 15) is 14.4 Å². The van der Waals surface area contributed by atoms with Gasteiger partial charge in [-0.15, -0.1) is 0 Å². The number of fused-ring (bicyclic) bond motifs is 1. The highest BCUT2D eigenvalue weighted by atomic mass is 79.9. The third-order valence-corrected chi connectivity index (χ3v) is 7.77. The fraction of sp³-hybridized carbons (Fsp3) is 0.241. The maximum Gasteiger partial charge on any atom is 0.264 e. The molecule has 0 spiro atoms. The summed E-state index contributed by atoms with van der Waals surface area (Å²) in [5.41, 5.74) is 4.10. The minimum Gasteiger partial charge on any atom is -0.271 e. The molecule has 3 aliphatic rings. The van der Waals surface area contributed by atoms with Crippen LogP contribution in [-0.4, -0.2) is 52.1 Å². The van der Waals surface area contributed by atoms with Crippen LogP contribution < -0.4 is 4.90 Å². The van der Waals surface area contributed by atoms with E-state index >= 15 is 0 Å². The molecule has 1 saturated heterocycles. The molecule has 196 valence electrons. The van der Waals surface area contributed by atoms with Crippen molar-refractivity contribution in [1.82, 2.24) is 10.0 Å². The Hall–Kier alpha value is -4.18. The van der Waals surface area contributed by atoms with Crippen LogP contribution in [0.1, 0.15) is 36.1 Å². The molecule has 0 bridgehead atoms. The van der Waals surface area contributed by atoms with Crippen molar-refractivity contribution in [2.45, 2.75) is 37.9 Å². The van der Waals surface area contributed by atoms with Crippen molar-refractivity contribution in [3.8, 4) is 0 Å². The van der Waals surface area contributed by atoms with Gasteiger partial charge in [0.1, 0.15) is 6.54 Å². The first kappa shape index (κ1) is 25.1. The summed E-state index contributed by atoms with van der Waals surface area (Å²) < 4.78 is 0.864. The molecule has 3 atom stereocenters. The molecule has 3 aliphatic heterocycles. The molecule has 0 N–H and O–H groups in total. The van der Waals surface area contributed by atoms with Gasteiger partial charge in [0.2, 0.25) is 0 Å². The number of benzene rings is 3. The Balaban J connectivity index is 1.26. The van der Waals surface area contributed by atoms with Crippen LogP contribution in [0.4, 0.5) is 5.69 Å². The number of halogens is 1. The Bertz CT molecular complexity index is 1510. The van der Waals surface area contributed by atoms with Gasteiger partial charge in [-0.05, 0) is 41.3 Å². The smallest absolute Gasteiger partial charge is 0.264 e. The molecule has 0 radical (unpaired) electrons. The Morgan fingerprint density at radius 2 is 1.69 bits per heavy atom. The number of rotatable bonds is 6. The van der Waals surface area contributed by atoms with Crippen LogP contribution in [0.25, 0.3) is 0 Å². The first-order valence-corrected chi connectivity index (χ1v) is 13.6. The van der Waals surface area contributed by atoms with E-state index in [1.807, 2.05) is 73.7 Å². The summed E-state index contributed by atoms with van der Waals surface area (Å²) in [7, 11) is 0. The zero-order chi connectivity index (χ0) is 27.1. The van der Waals surface area contributed by atoms with Crippen molar-refractivity contribution in [2.75, 3.05) is 11.4 Å². The number of nitrogens with zero attached hydrogens (tertiary/aromatic N) is 6. The first-order chi connectivity index (χ1) is 19.0. The predicted molar refractivity (Wildman–Crippen MR) is 149 cm³/mol. The molecule has 3 amide bonds. The third-order valence-electron chi connectivity index (χ3n) is 7.28. The van der Waals surface area contributed by atoms with Crippen molar-refractivity contribution >= 4 is 45.1 Å². The zero-order valence-electron chi connectivity index (χ0n) is 21.1. The Kier molecular flexibility index (Phi) is 6.56. The van der Waals surface area contributed by atoms with E-state index in [4.69, 9.17) is 5.10 Å². The second-order valence-corrected chi connectivity index (χ2v) is 10.5. The lowest BCUT2D eigenvalue weighted by molar-refractivity contribution is -0.135. The van der Waals surface area contributed by atoms with Gasteiger partial charge in [0, 0.05) is 10.9 Å². The van der Waals surface area contributed by atoms with Crippen LogP contribution in [0.3, 0.4) is 0 Å². The largest absolute Gasteiger partial charge is 0.271 e. The van der Waals surface area contributed by atoms with Gasteiger partial charge in [0.05, 0.1) is 17.4 Å². The molecule has 3 aromatic rings. The molecule has 10 heteroatoms. The molecule has 6 rings (SSSR count). The van der Waals surface area contributed by atoms with E-state index in [-0.39, 0.29) is 18.5 Å². The number of hydrogen-bond acceptors (Lipinski definition) is 7. The third kappa shape index (κ3) is 4.44. The van der Waals surface area contributed by atoms with Gasteiger partial charge in [0.15, 0.2) is 12.1 Å². The second kappa shape index (κ2) is 10.2. The summed E-state index contributed by atoms with van der Waals surface area (Å²) in [5, 5.41) is 15.7. The highest BCUT2D eigenvalue weighted by Gasteiger charge is 2.55. The van der Waals surface area contributed by atoms with Gasteiger partial charge in [-0.1, -0.05) is 88.7 Å². The molecule has 3 aromatic carbocycles. The SMILES string of the molecule is CCc1cc(Br)ccc1N1C(=O)C2N=NN(CC(=O)N3N=C(c4ccccc4)CC3c3ccccc3)C2C1=O. The molecular formula is C29H25BrN6O3. The van der Waals surface area contributed by atoms with E-state index in [0.717, 1.165) is 26.9 Å². The summed E-state index contributed by atoms with van der Waals surface area (Å²) in [6, 6.07) is 22.7. The van der Waals surface area contributed by atoms with Crippen LogP contribution in [0.15, 0.2) is 98.8 Å². The highest BCUT2D eigenvalue weighted by Crippen LogP contribution is 2.36. The van der Waals surface area contributed by atoms with Crippen LogP contribution in [-0.2, 0) is 20.8 Å². The topological polar surface area (TPSA) is 98.0 Å². The zero-order valence-corrected chi connectivity index (χ0v) is 22.7. The van der Waals surface area contributed by atoms with Gasteiger partial charge < -0.3 is 0 Å². The lowest BCUT2D eigenvalue weighted by Gasteiger charge is -2.25. The molecular weight excluding hydrogens is 560 g/mol. The Morgan fingerprint density at radius 1 is 0.974 bits per heavy atom. The van der Waals surface area contributed by atoms with Crippen molar-refractivity contribution in [2.24, 2.45) is 15.4 Å². The number of hydrogen-bond donors (Lipinski definition) is 0. The number of amides is 3. The fourth-order valence-electron chi connectivity index (χ4n) is 5.34. The molecule has 3 heterocycles. The highest BCUT2D eigenvalue weighted by molar-refractivity contribution is 9.10. The average Bonchev–Trinajstić information content (AvgIpc) is 3.65. The predicted octanol–water partition coefficient (Wildman–Crippen LogP) is 4.68. The molecule has 39 heavy (non-hydrogen) atoms. The number of aryl methyl sites for hydroxylation is 1. The van der Waals surface area contributed by atoms with E-state index in [1.54, 1.807) is 12.1 Å². The number of carbonyl (C=O) groups is 3. The maximum absolute atomic E-state index is 13.7. The lowest BCUT2D eigenvalue weighted by Crippen LogP contribution is -2.44. The summed E-state index contributed by atoms with van der Waals surface area (Å²) in [4.78, 5) is 41.7. The summed E-state index contributed by atoms with van der Waals surface area (Å²) in [6.07, 6.45) is 1.20. The van der Waals surface area contributed by atoms with Crippen molar-refractivity contribution in [3.63, 3.8) is 0 Å². The van der Waals surface area contributed by atoms with Crippen molar-refractivity contribution in [3.05, 3.63) is 100 Å². The van der Waals surface area contributed by atoms with Crippen LogP contribution in [0, 0.1) is 0 Å². The first-order valence-electron chi connectivity index (χ1n) is 12.8. The van der Waals surface area contributed by atoms with Crippen molar-refractivity contribution < 1.29 is 14.4 Å². The molecule has 0 aromatic heterocycles. The van der Waals surface area contributed by atoms with Crippen LogP contribution in [0.2, 0.25) is 0 Å². The second-order valence-electron chi connectivity index (χ2n) is 9.61. The Labute approximate surface area is 233 Å². The maximum atomic E-state index is 13.7. The number of imide groups is 1. The summed E-state index contributed by atoms with van der Waals surface area (Å²) in [5.74, 6) is -1.20. The minimum absolute atomic E-state index is 0.229. The van der Waals surface area contributed by atoms with E-state index in [0.29, 0.717) is 18.5 Å². The summed E-state index contributed by atoms with van der Waals surface area (Å²) >= 11 is 3.45. The fourth-order valence-corrected chi connectivity index (χ4v) is 5.75. The van der Waals surface area contributed by atoms with Gasteiger partial charge in [-0.25, -0.2) is 9.91 Å². The number of anilines is 1. The van der Waals surface area contributed by atoms with Gasteiger partial charge in [-0.2, -0.15) is 10.2 Å².